The highest BCUT2D eigenvalue weighted by atomic mass is 16.1. The fourth-order valence-electron chi connectivity index (χ4n) is 2.00. The number of aromatic amines is 1. The van der Waals surface area contributed by atoms with Crippen molar-refractivity contribution in [3.05, 3.63) is 52.8 Å². The third-order valence-corrected chi connectivity index (χ3v) is 2.77. The van der Waals surface area contributed by atoms with Crippen LogP contribution in [0.4, 0.5) is 0 Å². The summed E-state index contributed by atoms with van der Waals surface area (Å²) in [5.74, 6) is 0.731. The second-order valence-electron chi connectivity index (χ2n) is 3.93. The van der Waals surface area contributed by atoms with Crippen LogP contribution in [-0.4, -0.2) is 19.5 Å². The molecule has 92 valence electrons. The van der Waals surface area contributed by atoms with E-state index in [-0.39, 0.29) is 17.8 Å². The molecule has 0 saturated carbocycles. The molecule has 19 heavy (non-hydrogen) atoms. The summed E-state index contributed by atoms with van der Waals surface area (Å²) in [4.78, 5) is 22.9. The number of hydrogen-bond acceptors (Lipinski definition) is 4. The Balaban J connectivity index is 2.39. The van der Waals surface area contributed by atoms with Crippen LogP contribution in [0.5, 0.6) is 0 Å². The van der Waals surface area contributed by atoms with Crippen LogP contribution in [0.25, 0.3) is 16.9 Å². The molecule has 0 aliphatic carbocycles. The number of fused-ring (bicyclic) bond motifs is 1. The molecule has 1 aromatic carbocycles. The average molecular weight is 251 g/mol. The number of nitrogens with zero attached hydrogens (tertiary/aromatic N) is 4. The smallest absolute Gasteiger partial charge is 0.291 e. The zero-order chi connectivity index (χ0) is 13.2. The van der Waals surface area contributed by atoms with E-state index < -0.39 is 0 Å². The Bertz CT molecular complexity index is 840. The molecule has 2 aromatic heterocycles. The van der Waals surface area contributed by atoms with Crippen LogP contribution in [0.15, 0.2) is 41.5 Å². The standard InChI is InChI=1S/C13H9N5O/c14-6-5-11-17-9-3-1-2-4-10(9)18(11)12-13(19)16-8-7-15-12/h1-4,7-8H,5H2,(H,16,19). The topological polar surface area (TPSA) is 87.4 Å². The van der Waals surface area contributed by atoms with Gasteiger partial charge < -0.3 is 4.98 Å². The molecule has 0 aliphatic rings. The third kappa shape index (κ3) is 1.77. The summed E-state index contributed by atoms with van der Waals surface area (Å²) in [7, 11) is 0. The molecule has 3 aromatic rings. The average Bonchev–Trinajstić information content (AvgIpc) is 2.78. The molecule has 2 heterocycles. The maximum absolute atomic E-state index is 11.9. The molecule has 0 atom stereocenters. The minimum absolute atomic E-state index is 0.116. The van der Waals surface area contributed by atoms with E-state index >= 15 is 0 Å². The summed E-state index contributed by atoms with van der Waals surface area (Å²) >= 11 is 0. The highest BCUT2D eigenvalue weighted by molar-refractivity contribution is 5.77. The van der Waals surface area contributed by atoms with Crippen molar-refractivity contribution in [2.24, 2.45) is 0 Å². The van der Waals surface area contributed by atoms with Gasteiger partial charge in [0.05, 0.1) is 23.5 Å². The molecule has 0 saturated heterocycles. The van der Waals surface area contributed by atoms with Crippen LogP contribution in [0.1, 0.15) is 5.82 Å². The second kappa shape index (κ2) is 4.38. The van der Waals surface area contributed by atoms with Gasteiger partial charge in [0.25, 0.3) is 5.56 Å². The quantitative estimate of drug-likeness (QED) is 0.740. The highest BCUT2D eigenvalue weighted by Gasteiger charge is 2.14. The first-order valence-corrected chi connectivity index (χ1v) is 5.68. The molecule has 3 rings (SSSR count). The van der Waals surface area contributed by atoms with Crippen LogP contribution >= 0.6 is 0 Å². The van der Waals surface area contributed by atoms with E-state index in [1.807, 2.05) is 24.3 Å². The molecular formula is C13H9N5O. The summed E-state index contributed by atoms with van der Waals surface area (Å²) in [6.07, 6.45) is 3.08. The Hall–Kier alpha value is -2.94. The summed E-state index contributed by atoms with van der Waals surface area (Å²) in [6, 6.07) is 9.45. The molecule has 0 fully saturated rings. The van der Waals surface area contributed by atoms with Crippen molar-refractivity contribution in [1.29, 1.82) is 5.26 Å². The summed E-state index contributed by atoms with van der Waals surface area (Å²) in [5, 5.41) is 8.88. The normalized spacial score (nSPS) is 10.5. The van der Waals surface area contributed by atoms with Crippen molar-refractivity contribution >= 4 is 11.0 Å². The first-order valence-electron chi connectivity index (χ1n) is 5.68. The number of benzene rings is 1. The Kier molecular flexibility index (Phi) is 2.58. The van der Waals surface area contributed by atoms with Gasteiger partial charge in [-0.25, -0.2) is 9.97 Å². The van der Waals surface area contributed by atoms with Crippen molar-refractivity contribution in [2.75, 3.05) is 0 Å². The van der Waals surface area contributed by atoms with Crippen LogP contribution < -0.4 is 5.56 Å². The van der Waals surface area contributed by atoms with E-state index in [0.717, 1.165) is 11.0 Å². The van der Waals surface area contributed by atoms with Crippen molar-refractivity contribution in [2.45, 2.75) is 6.42 Å². The number of aromatic nitrogens is 4. The van der Waals surface area contributed by atoms with E-state index in [0.29, 0.717) is 5.82 Å². The van der Waals surface area contributed by atoms with Crippen molar-refractivity contribution < 1.29 is 0 Å². The van der Waals surface area contributed by atoms with Gasteiger partial charge in [0.2, 0.25) is 5.82 Å². The Morgan fingerprint density at radius 1 is 1.37 bits per heavy atom. The maximum atomic E-state index is 11.9. The van der Waals surface area contributed by atoms with E-state index in [4.69, 9.17) is 5.26 Å². The monoisotopic (exact) mass is 251 g/mol. The van der Waals surface area contributed by atoms with E-state index in [1.165, 1.54) is 12.4 Å². The molecule has 0 amide bonds. The predicted molar refractivity (Wildman–Crippen MR) is 68.8 cm³/mol. The van der Waals surface area contributed by atoms with E-state index in [1.54, 1.807) is 4.57 Å². The third-order valence-electron chi connectivity index (χ3n) is 2.77. The maximum Gasteiger partial charge on any atom is 0.291 e. The van der Waals surface area contributed by atoms with Gasteiger partial charge in [-0.15, -0.1) is 0 Å². The van der Waals surface area contributed by atoms with Gasteiger partial charge in [0, 0.05) is 12.4 Å². The molecule has 6 heteroatoms. The van der Waals surface area contributed by atoms with Crippen LogP contribution in [0.2, 0.25) is 0 Å². The number of rotatable bonds is 2. The van der Waals surface area contributed by atoms with Gasteiger partial charge in [-0.3, -0.25) is 9.36 Å². The Morgan fingerprint density at radius 2 is 2.21 bits per heavy atom. The summed E-state index contributed by atoms with van der Waals surface area (Å²) in [5.41, 5.74) is 1.18. The lowest BCUT2D eigenvalue weighted by Gasteiger charge is -2.04. The lowest BCUT2D eigenvalue weighted by atomic mass is 10.3. The van der Waals surface area contributed by atoms with Gasteiger partial charge in [0.15, 0.2) is 0 Å². The first kappa shape index (κ1) is 11.2. The SMILES string of the molecule is N#CCc1nc2ccccc2n1-c1ncc[nH]c1=O. The highest BCUT2D eigenvalue weighted by Crippen LogP contribution is 2.18. The molecule has 6 nitrogen and oxygen atoms in total. The van der Waals surface area contributed by atoms with Crippen molar-refractivity contribution in [3.8, 4) is 11.9 Å². The lowest BCUT2D eigenvalue weighted by Crippen LogP contribution is -2.17. The van der Waals surface area contributed by atoms with Crippen molar-refractivity contribution in [3.63, 3.8) is 0 Å². The van der Waals surface area contributed by atoms with E-state index in [2.05, 4.69) is 21.0 Å². The number of hydrogen-bond donors (Lipinski definition) is 1. The van der Waals surface area contributed by atoms with Crippen LogP contribution in [0.3, 0.4) is 0 Å². The Morgan fingerprint density at radius 3 is 3.00 bits per heavy atom. The Labute approximate surface area is 108 Å². The molecule has 1 N–H and O–H groups in total. The zero-order valence-electron chi connectivity index (χ0n) is 9.87. The van der Waals surface area contributed by atoms with Crippen molar-refractivity contribution in [1.82, 2.24) is 19.5 Å². The van der Waals surface area contributed by atoms with Gasteiger partial charge in [-0.1, -0.05) is 12.1 Å². The van der Waals surface area contributed by atoms with Gasteiger partial charge in [-0.05, 0) is 12.1 Å². The molecular weight excluding hydrogens is 242 g/mol. The number of para-hydroxylation sites is 2. The number of nitriles is 1. The minimum atomic E-state index is -0.315. The van der Waals surface area contributed by atoms with Gasteiger partial charge in [0.1, 0.15) is 5.82 Å². The van der Waals surface area contributed by atoms with Crippen LogP contribution in [0, 0.1) is 11.3 Å². The number of H-pyrrole nitrogens is 1. The van der Waals surface area contributed by atoms with Gasteiger partial charge in [-0.2, -0.15) is 5.26 Å². The lowest BCUT2D eigenvalue weighted by molar-refractivity contribution is 0.895. The molecule has 0 aliphatic heterocycles. The molecule has 0 unspecified atom stereocenters. The first-order chi connectivity index (χ1) is 9.31. The summed E-state index contributed by atoms with van der Waals surface area (Å²) in [6.45, 7) is 0. The minimum Gasteiger partial charge on any atom is -0.324 e. The molecule has 0 bridgehead atoms. The fraction of sp³-hybridized carbons (Fsp3) is 0.0769. The molecule has 0 spiro atoms. The van der Waals surface area contributed by atoms with E-state index in [9.17, 15) is 4.79 Å². The predicted octanol–water partition coefficient (Wildman–Crippen LogP) is 1.17. The van der Waals surface area contributed by atoms with Crippen LogP contribution in [-0.2, 0) is 6.42 Å². The number of nitrogens with one attached hydrogen (secondary N) is 1. The largest absolute Gasteiger partial charge is 0.324 e. The zero-order valence-corrected chi connectivity index (χ0v) is 9.87. The van der Waals surface area contributed by atoms with Gasteiger partial charge >= 0.3 is 0 Å². The second-order valence-corrected chi connectivity index (χ2v) is 3.93. The summed E-state index contributed by atoms with van der Waals surface area (Å²) < 4.78 is 1.62. The molecule has 0 radical (unpaired) electrons. The number of imidazole rings is 1. The fourth-order valence-corrected chi connectivity index (χ4v) is 2.00.